The van der Waals surface area contributed by atoms with Crippen molar-refractivity contribution in [2.75, 3.05) is 0 Å². The Morgan fingerprint density at radius 2 is 1.11 bits per heavy atom. The fourth-order valence-corrected chi connectivity index (χ4v) is 2.67. The molecule has 0 heteroatoms. The lowest BCUT2D eigenvalue weighted by Gasteiger charge is -2.14. The standard InChI is InChI=1S/C17H16.C2H6/c1-12(2)17-15-9-5-3-7-13(15)11-14-8-4-6-10-16(14)17;1-2/h3-12H,1-2H3;1-2H3. The summed E-state index contributed by atoms with van der Waals surface area (Å²) in [5, 5.41) is 5.47. The first-order chi connectivity index (χ1) is 9.27. The van der Waals surface area contributed by atoms with Gasteiger partial charge in [-0.2, -0.15) is 0 Å². The monoisotopic (exact) mass is 250 g/mol. The summed E-state index contributed by atoms with van der Waals surface area (Å²) in [5.74, 6) is 0.547. The number of fused-ring (bicyclic) bond motifs is 2. The molecular formula is C19H22. The first-order valence-corrected chi connectivity index (χ1v) is 7.18. The van der Waals surface area contributed by atoms with Gasteiger partial charge in [-0.25, -0.2) is 0 Å². The highest BCUT2D eigenvalue weighted by Gasteiger charge is 2.09. The highest BCUT2D eigenvalue weighted by atomic mass is 14.1. The van der Waals surface area contributed by atoms with Crippen LogP contribution in [-0.2, 0) is 0 Å². The summed E-state index contributed by atoms with van der Waals surface area (Å²) in [7, 11) is 0. The first kappa shape index (κ1) is 13.6. The van der Waals surface area contributed by atoms with Gasteiger partial charge in [-0.3, -0.25) is 0 Å². The molecule has 3 rings (SSSR count). The minimum absolute atomic E-state index is 0.547. The van der Waals surface area contributed by atoms with Gasteiger partial charge in [-0.15, -0.1) is 0 Å². The molecule has 0 fully saturated rings. The molecule has 0 aliphatic heterocycles. The summed E-state index contributed by atoms with van der Waals surface area (Å²) in [4.78, 5) is 0. The second-order valence-electron chi connectivity index (χ2n) is 4.89. The van der Waals surface area contributed by atoms with Crippen molar-refractivity contribution in [2.24, 2.45) is 0 Å². The van der Waals surface area contributed by atoms with Crippen LogP contribution in [0.5, 0.6) is 0 Å². The van der Waals surface area contributed by atoms with Gasteiger partial charge < -0.3 is 0 Å². The van der Waals surface area contributed by atoms with E-state index in [1.807, 2.05) is 13.8 Å². The molecule has 98 valence electrons. The van der Waals surface area contributed by atoms with Crippen LogP contribution in [0.25, 0.3) is 21.5 Å². The second-order valence-corrected chi connectivity index (χ2v) is 4.89. The zero-order valence-corrected chi connectivity index (χ0v) is 12.3. The van der Waals surface area contributed by atoms with E-state index in [0.717, 1.165) is 0 Å². The zero-order valence-electron chi connectivity index (χ0n) is 12.3. The van der Waals surface area contributed by atoms with E-state index in [1.165, 1.54) is 27.1 Å². The molecular weight excluding hydrogens is 228 g/mol. The molecule has 0 unspecified atom stereocenters. The summed E-state index contributed by atoms with van der Waals surface area (Å²) in [6.45, 7) is 8.54. The molecule has 0 spiro atoms. The summed E-state index contributed by atoms with van der Waals surface area (Å²) >= 11 is 0. The quantitative estimate of drug-likeness (QED) is 0.455. The summed E-state index contributed by atoms with van der Waals surface area (Å²) in [5.41, 5.74) is 1.47. The Labute approximate surface area is 116 Å². The van der Waals surface area contributed by atoms with Crippen molar-refractivity contribution < 1.29 is 0 Å². The van der Waals surface area contributed by atoms with Crippen LogP contribution in [-0.4, -0.2) is 0 Å². The highest BCUT2D eigenvalue weighted by Crippen LogP contribution is 2.33. The Hall–Kier alpha value is -1.82. The number of hydrogen-bond donors (Lipinski definition) is 0. The topological polar surface area (TPSA) is 0 Å². The predicted molar refractivity (Wildman–Crippen MR) is 86.9 cm³/mol. The van der Waals surface area contributed by atoms with Crippen molar-refractivity contribution in [2.45, 2.75) is 33.6 Å². The molecule has 0 aliphatic carbocycles. The van der Waals surface area contributed by atoms with Crippen molar-refractivity contribution in [1.29, 1.82) is 0 Å². The molecule has 0 bridgehead atoms. The summed E-state index contributed by atoms with van der Waals surface area (Å²) in [6.07, 6.45) is 0. The zero-order chi connectivity index (χ0) is 13.8. The Morgan fingerprint density at radius 1 is 0.684 bits per heavy atom. The van der Waals surface area contributed by atoms with E-state index in [2.05, 4.69) is 68.4 Å². The van der Waals surface area contributed by atoms with Crippen LogP contribution in [0.15, 0.2) is 54.6 Å². The van der Waals surface area contributed by atoms with Crippen molar-refractivity contribution in [3.8, 4) is 0 Å². The maximum atomic E-state index is 2.29. The third kappa shape index (κ3) is 2.49. The SMILES string of the molecule is CC.CC(C)c1c2ccccc2cc2ccccc12. The fourth-order valence-electron chi connectivity index (χ4n) is 2.67. The minimum Gasteiger partial charge on any atom is -0.0683 e. The van der Waals surface area contributed by atoms with E-state index in [0.29, 0.717) is 5.92 Å². The molecule has 3 aromatic carbocycles. The summed E-state index contributed by atoms with van der Waals surface area (Å²) < 4.78 is 0. The molecule has 3 aromatic rings. The normalized spacial score (nSPS) is 10.6. The van der Waals surface area contributed by atoms with Crippen LogP contribution in [0, 0.1) is 0 Å². The maximum Gasteiger partial charge on any atom is -0.0143 e. The lowest BCUT2D eigenvalue weighted by Crippen LogP contribution is -1.92. The van der Waals surface area contributed by atoms with Gasteiger partial charge in [0.15, 0.2) is 0 Å². The van der Waals surface area contributed by atoms with Crippen molar-refractivity contribution in [3.63, 3.8) is 0 Å². The van der Waals surface area contributed by atoms with E-state index in [1.54, 1.807) is 0 Å². The van der Waals surface area contributed by atoms with Crippen LogP contribution in [0.1, 0.15) is 39.2 Å². The largest absolute Gasteiger partial charge is 0.0683 e. The van der Waals surface area contributed by atoms with E-state index in [-0.39, 0.29) is 0 Å². The van der Waals surface area contributed by atoms with Crippen LogP contribution >= 0.6 is 0 Å². The van der Waals surface area contributed by atoms with E-state index >= 15 is 0 Å². The maximum absolute atomic E-state index is 2.29. The van der Waals surface area contributed by atoms with Gasteiger partial charge in [0.2, 0.25) is 0 Å². The first-order valence-electron chi connectivity index (χ1n) is 7.18. The third-order valence-electron chi connectivity index (χ3n) is 3.39. The molecule has 0 aromatic heterocycles. The van der Waals surface area contributed by atoms with Crippen LogP contribution < -0.4 is 0 Å². The van der Waals surface area contributed by atoms with Gasteiger partial charge in [0.1, 0.15) is 0 Å². The van der Waals surface area contributed by atoms with E-state index in [9.17, 15) is 0 Å². The van der Waals surface area contributed by atoms with E-state index < -0.39 is 0 Å². The average molecular weight is 250 g/mol. The predicted octanol–water partition coefficient (Wildman–Crippen LogP) is 6.14. The Kier molecular flexibility index (Phi) is 4.21. The third-order valence-corrected chi connectivity index (χ3v) is 3.39. The lowest BCUT2D eigenvalue weighted by atomic mass is 9.90. The molecule has 0 radical (unpaired) electrons. The number of rotatable bonds is 1. The molecule has 0 saturated carbocycles. The Morgan fingerprint density at radius 3 is 1.53 bits per heavy atom. The molecule has 19 heavy (non-hydrogen) atoms. The van der Waals surface area contributed by atoms with Crippen LogP contribution in [0.3, 0.4) is 0 Å². The minimum atomic E-state index is 0.547. The fraction of sp³-hybridized carbons (Fsp3) is 0.263. The highest BCUT2D eigenvalue weighted by molar-refractivity contribution is 6.02. The molecule has 0 N–H and O–H groups in total. The molecule has 0 saturated heterocycles. The molecule has 0 atom stereocenters. The van der Waals surface area contributed by atoms with Gasteiger partial charge in [0.05, 0.1) is 0 Å². The Balaban J connectivity index is 0.000000637. The van der Waals surface area contributed by atoms with Crippen LogP contribution in [0.2, 0.25) is 0 Å². The van der Waals surface area contributed by atoms with Crippen molar-refractivity contribution >= 4 is 21.5 Å². The number of hydrogen-bond acceptors (Lipinski definition) is 0. The summed E-state index contributed by atoms with van der Waals surface area (Å²) in [6, 6.07) is 19.6. The van der Waals surface area contributed by atoms with Crippen LogP contribution in [0.4, 0.5) is 0 Å². The second kappa shape index (κ2) is 5.88. The molecule has 0 aliphatic rings. The van der Waals surface area contributed by atoms with Gasteiger partial charge >= 0.3 is 0 Å². The average Bonchev–Trinajstić information content (AvgIpc) is 2.46. The van der Waals surface area contributed by atoms with Gasteiger partial charge in [-0.05, 0) is 39.1 Å². The molecule has 0 heterocycles. The lowest BCUT2D eigenvalue weighted by molar-refractivity contribution is 0.885. The number of benzene rings is 3. The smallest absolute Gasteiger partial charge is 0.0143 e. The van der Waals surface area contributed by atoms with Gasteiger partial charge in [0.25, 0.3) is 0 Å². The van der Waals surface area contributed by atoms with E-state index in [4.69, 9.17) is 0 Å². The molecule has 0 nitrogen and oxygen atoms in total. The molecule has 0 amide bonds. The van der Waals surface area contributed by atoms with Crippen molar-refractivity contribution in [1.82, 2.24) is 0 Å². The van der Waals surface area contributed by atoms with Gasteiger partial charge in [-0.1, -0.05) is 76.2 Å². The van der Waals surface area contributed by atoms with Gasteiger partial charge in [0, 0.05) is 0 Å². The van der Waals surface area contributed by atoms with Crippen molar-refractivity contribution in [3.05, 3.63) is 60.2 Å². The Bertz CT molecular complexity index is 624.